The Labute approximate surface area is 87.2 Å². The Hall–Kier alpha value is -0.340. The first-order valence-electron chi connectivity index (χ1n) is 4.65. The van der Waals surface area contributed by atoms with Gasteiger partial charge in [0.1, 0.15) is 4.51 Å². The zero-order valence-corrected chi connectivity index (χ0v) is 9.09. The molecule has 13 heavy (non-hydrogen) atoms. The Balaban J connectivity index is 2.05. The van der Waals surface area contributed by atoms with Crippen LogP contribution in [-0.2, 0) is 11.2 Å². The van der Waals surface area contributed by atoms with E-state index in [1.165, 1.54) is 5.56 Å². The molecule has 2 rings (SSSR count). The van der Waals surface area contributed by atoms with Crippen molar-refractivity contribution in [3.05, 3.63) is 35.9 Å². The molecule has 0 spiro atoms. The lowest BCUT2D eigenvalue weighted by molar-refractivity contribution is 0.0883. The van der Waals surface area contributed by atoms with E-state index in [0.29, 0.717) is 0 Å². The van der Waals surface area contributed by atoms with Crippen LogP contribution in [0.5, 0.6) is 0 Å². The van der Waals surface area contributed by atoms with Gasteiger partial charge in [-0.3, -0.25) is 0 Å². The standard InChI is InChI=1S/C11H13BrO/c12-11(7-4-8-13-11)9-10-5-2-1-3-6-10/h1-3,5-6H,4,7-9H2. The van der Waals surface area contributed by atoms with Gasteiger partial charge in [0.2, 0.25) is 0 Å². The van der Waals surface area contributed by atoms with Gasteiger partial charge >= 0.3 is 0 Å². The molecule has 0 radical (unpaired) electrons. The van der Waals surface area contributed by atoms with Crippen LogP contribution in [0.25, 0.3) is 0 Å². The summed E-state index contributed by atoms with van der Waals surface area (Å²) in [7, 11) is 0. The maximum atomic E-state index is 5.66. The molecule has 1 atom stereocenters. The Morgan fingerprint density at radius 1 is 1.31 bits per heavy atom. The molecule has 1 unspecified atom stereocenters. The van der Waals surface area contributed by atoms with Gasteiger partial charge in [-0.25, -0.2) is 0 Å². The number of alkyl halides is 1. The summed E-state index contributed by atoms with van der Waals surface area (Å²) in [5, 5.41) is 0. The number of hydrogen-bond donors (Lipinski definition) is 0. The summed E-state index contributed by atoms with van der Waals surface area (Å²) >= 11 is 3.66. The van der Waals surface area contributed by atoms with Gasteiger partial charge in [-0.2, -0.15) is 0 Å². The molecule has 0 aliphatic carbocycles. The van der Waals surface area contributed by atoms with Crippen LogP contribution in [0.15, 0.2) is 30.3 Å². The predicted octanol–water partition coefficient (Wildman–Crippen LogP) is 3.13. The molecular formula is C11H13BrO. The van der Waals surface area contributed by atoms with Crippen LogP contribution in [0.1, 0.15) is 18.4 Å². The van der Waals surface area contributed by atoms with Crippen LogP contribution >= 0.6 is 15.9 Å². The van der Waals surface area contributed by atoms with Crippen molar-refractivity contribution in [3.63, 3.8) is 0 Å². The third kappa shape index (κ3) is 2.32. The summed E-state index contributed by atoms with van der Waals surface area (Å²) in [5.41, 5.74) is 1.33. The molecule has 1 nitrogen and oxygen atoms in total. The van der Waals surface area contributed by atoms with Crippen molar-refractivity contribution in [2.45, 2.75) is 23.8 Å². The molecule has 0 N–H and O–H groups in total. The topological polar surface area (TPSA) is 9.23 Å². The van der Waals surface area contributed by atoms with Gasteiger partial charge in [0.05, 0.1) is 0 Å². The first kappa shape index (κ1) is 9.22. The molecule has 0 aromatic heterocycles. The van der Waals surface area contributed by atoms with E-state index in [-0.39, 0.29) is 4.51 Å². The van der Waals surface area contributed by atoms with Crippen molar-refractivity contribution in [2.24, 2.45) is 0 Å². The number of benzene rings is 1. The van der Waals surface area contributed by atoms with Crippen molar-refractivity contribution in [2.75, 3.05) is 6.61 Å². The minimum Gasteiger partial charge on any atom is -0.363 e. The molecule has 1 aromatic carbocycles. The highest BCUT2D eigenvalue weighted by Gasteiger charge is 2.31. The smallest absolute Gasteiger partial charge is 0.126 e. The molecule has 1 aromatic rings. The van der Waals surface area contributed by atoms with Crippen molar-refractivity contribution in [1.82, 2.24) is 0 Å². The van der Waals surface area contributed by atoms with E-state index in [1.54, 1.807) is 0 Å². The normalized spacial score (nSPS) is 27.8. The maximum absolute atomic E-state index is 5.66. The first-order chi connectivity index (χ1) is 6.29. The Morgan fingerprint density at radius 2 is 2.08 bits per heavy atom. The fourth-order valence-electron chi connectivity index (χ4n) is 1.70. The highest BCUT2D eigenvalue weighted by atomic mass is 79.9. The van der Waals surface area contributed by atoms with Gasteiger partial charge < -0.3 is 4.74 Å². The largest absolute Gasteiger partial charge is 0.363 e. The molecule has 1 aliphatic heterocycles. The monoisotopic (exact) mass is 240 g/mol. The molecule has 2 heteroatoms. The van der Waals surface area contributed by atoms with E-state index in [1.807, 2.05) is 6.07 Å². The zero-order valence-electron chi connectivity index (χ0n) is 7.50. The summed E-state index contributed by atoms with van der Waals surface area (Å²) in [6, 6.07) is 10.5. The van der Waals surface area contributed by atoms with Crippen molar-refractivity contribution in [3.8, 4) is 0 Å². The van der Waals surface area contributed by atoms with Gasteiger partial charge in [-0.05, 0) is 18.4 Å². The summed E-state index contributed by atoms with van der Waals surface area (Å²) in [6.07, 6.45) is 3.24. The number of ether oxygens (including phenoxy) is 1. The average molecular weight is 241 g/mol. The summed E-state index contributed by atoms with van der Waals surface area (Å²) in [4.78, 5) is 0. The van der Waals surface area contributed by atoms with Gasteiger partial charge in [-0.15, -0.1) is 0 Å². The van der Waals surface area contributed by atoms with Gasteiger partial charge in [-0.1, -0.05) is 46.3 Å². The van der Waals surface area contributed by atoms with Crippen LogP contribution in [0, 0.1) is 0 Å². The van der Waals surface area contributed by atoms with E-state index < -0.39 is 0 Å². The molecule has 70 valence electrons. The highest BCUT2D eigenvalue weighted by Crippen LogP contribution is 2.35. The minimum atomic E-state index is -0.0889. The first-order valence-corrected chi connectivity index (χ1v) is 5.45. The van der Waals surface area contributed by atoms with Crippen LogP contribution in [-0.4, -0.2) is 11.1 Å². The van der Waals surface area contributed by atoms with Crippen molar-refractivity contribution < 1.29 is 4.74 Å². The maximum Gasteiger partial charge on any atom is 0.126 e. The van der Waals surface area contributed by atoms with E-state index in [0.717, 1.165) is 25.9 Å². The third-order valence-electron chi connectivity index (χ3n) is 2.37. The second-order valence-corrected chi connectivity index (χ2v) is 4.94. The van der Waals surface area contributed by atoms with Crippen LogP contribution in [0.2, 0.25) is 0 Å². The molecule has 1 saturated heterocycles. The Bertz CT molecular complexity index is 265. The predicted molar refractivity (Wildman–Crippen MR) is 57.0 cm³/mol. The lowest BCUT2D eigenvalue weighted by atomic mass is 10.1. The second-order valence-electron chi connectivity index (χ2n) is 3.50. The summed E-state index contributed by atoms with van der Waals surface area (Å²) in [5.74, 6) is 0. The molecular weight excluding hydrogens is 228 g/mol. The summed E-state index contributed by atoms with van der Waals surface area (Å²) < 4.78 is 5.57. The number of halogens is 1. The molecule has 1 aliphatic rings. The van der Waals surface area contributed by atoms with Crippen LogP contribution in [0.4, 0.5) is 0 Å². The fourth-order valence-corrected chi connectivity index (χ4v) is 2.47. The molecule has 0 bridgehead atoms. The van der Waals surface area contributed by atoms with Gasteiger partial charge in [0.15, 0.2) is 0 Å². The van der Waals surface area contributed by atoms with E-state index in [4.69, 9.17) is 4.74 Å². The van der Waals surface area contributed by atoms with Gasteiger partial charge in [0, 0.05) is 13.0 Å². The fraction of sp³-hybridized carbons (Fsp3) is 0.455. The Kier molecular flexibility index (Phi) is 2.70. The van der Waals surface area contributed by atoms with Crippen LogP contribution in [0.3, 0.4) is 0 Å². The second kappa shape index (κ2) is 3.81. The Morgan fingerprint density at radius 3 is 2.69 bits per heavy atom. The minimum absolute atomic E-state index is 0.0889. The molecule has 0 saturated carbocycles. The zero-order chi connectivity index (χ0) is 9.15. The SMILES string of the molecule is BrC1(Cc2ccccc2)CCCO1. The summed E-state index contributed by atoms with van der Waals surface area (Å²) in [6.45, 7) is 0.887. The van der Waals surface area contributed by atoms with Gasteiger partial charge in [0.25, 0.3) is 0 Å². The molecule has 1 heterocycles. The molecule has 0 amide bonds. The average Bonchev–Trinajstić information content (AvgIpc) is 2.54. The third-order valence-corrected chi connectivity index (χ3v) is 3.27. The van der Waals surface area contributed by atoms with E-state index in [2.05, 4.69) is 40.2 Å². The van der Waals surface area contributed by atoms with E-state index >= 15 is 0 Å². The lowest BCUT2D eigenvalue weighted by Crippen LogP contribution is -2.21. The lowest BCUT2D eigenvalue weighted by Gasteiger charge is -2.20. The van der Waals surface area contributed by atoms with Crippen LogP contribution < -0.4 is 0 Å². The molecule has 1 fully saturated rings. The van der Waals surface area contributed by atoms with E-state index in [9.17, 15) is 0 Å². The number of rotatable bonds is 2. The van der Waals surface area contributed by atoms with Crippen molar-refractivity contribution >= 4 is 15.9 Å². The quantitative estimate of drug-likeness (QED) is 0.723. The number of hydrogen-bond acceptors (Lipinski definition) is 1. The van der Waals surface area contributed by atoms with Crippen molar-refractivity contribution in [1.29, 1.82) is 0 Å². The highest BCUT2D eigenvalue weighted by molar-refractivity contribution is 9.10.